The number of carbonyl (C=O) groups excluding carboxylic acids is 8. The Bertz CT molecular complexity index is 3580. The van der Waals surface area contributed by atoms with Crippen LogP contribution < -0.4 is 47.9 Å². The van der Waals surface area contributed by atoms with Gasteiger partial charge in [0.1, 0.15) is 24.7 Å². The lowest BCUT2D eigenvalue weighted by molar-refractivity contribution is -0.141. The minimum absolute atomic E-state index is 0.0959. The van der Waals surface area contributed by atoms with Crippen LogP contribution in [0, 0.1) is 17.3 Å². The first-order valence-electron chi connectivity index (χ1n) is 31.2. The van der Waals surface area contributed by atoms with Crippen molar-refractivity contribution in [2.45, 2.75) is 157 Å². The number of nitrogens with one attached hydrogen (secondary N) is 7. The molecule has 1 aliphatic heterocycles. The van der Waals surface area contributed by atoms with E-state index in [1.54, 1.807) is 63.2 Å². The summed E-state index contributed by atoms with van der Waals surface area (Å²) in [6.45, 7) is 20.8. The summed E-state index contributed by atoms with van der Waals surface area (Å²) in [4.78, 5) is 123. The van der Waals surface area contributed by atoms with Crippen LogP contribution in [0.15, 0.2) is 109 Å². The first kappa shape index (κ1) is 71.8. The number of aryl methyl sites for hydroxylation is 1. The number of para-hydroxylation sites is 1. The van der Waals surface area contributed by atoms with E-state index in [0.717, 1.165) is 50.0 Å². The molecule has 5 aromatic rings. The third-order valence-electron chi connectivity index (χ3n) is 16.8. The van der Waals surface area contributed by atoms with Gasteiger partial charge in [-0.1, -0.05) is 135 Å². The number of amides is 9. The molecular formula is C70H93N11O11. The van der Waals surface area contributed by atoms with Gasteiger partial charge in [-0.05, 0) is 120 Å². The van der Waals surface area contributed by atoms with Gasteiger partial charge >= 0.3 is 18.1 Å². The van der Waals surface area contributed by atoms with Gasteiger partial charge in [0.2, 0.25) is 35.4 Å². The first-order valence-corrected chi connectivity index (χ1v) is 31.2. The lowest BCUT2D eigenvalue weighted by atomic mass is 9.76. The molecule has 0 aliphatic carbocycles. The number of hydrogen-bond acceptors (Lipinski definition) is 11. The van der Waals surface area contributed by atoms with Gasteiger partial charge in [-0.2, -0.15) is 0 Å². The fraction of sp³-hybridized carbons (Fsp3) is 0.443. The molecule has 494 valence electrons. The van der Waals surface area contributed by atoms with Crippen molar-refractivity contribution in [2.24, 2.45) is 30.0 Å². The van der Waals surface area contributed by atoms with Crippen molar-refractivity contribution in [3.05, 3.63) is 142 Å². The molecule has 0 saturated heterocycles. The number of rotatable bonds is 27. The number of carboxylic acid groups (broad SMARTS) is 1. The number of fused-ring (bicyclic) bond motifs is 3. The maximum absolute atomic E-state index is 14.4. The average Bonchev–Trinajstić information content (AvgIpc) is 1.54. The number of alkyl carbamates (subject to hydrolysis) is 1. The summed E-state index contributed by atoms with van der Waals surface area (Å²) >= 11 is 0. The van der Waals surface area contributed by atoms with E-state index in [1.165, 1.54) is 11.8 Å². The van der Waals surface area contributed by atoms with Gasteiger partial charge in [-0.25, -0.2) is 14.4 Å². The van der Waals surface area contributed by atoms with Crippen LogP contribution in [0.4, 0.5) is 21.0 Å². The molecule has 22 nitrogen and oxygen atoms in total. The summed E-state index contributed by atoms with van der Waals surface area (Å²) in [7, 11) is 5.22. The van der Waals surface area contributed by atoms with Crippen molar-refractivity contribution in [3.63, 3.8) is 0 Å². The number of aliphatic carboxylic acids is 1. The topological polar surface area (TPSA) is 305 Å². The van der Waals surface area contributed by atoms with Crippen molar-refractivity contribution in [1.29, 1.82) is 0 Å². The number of likely N-dealkylation sites (N-methyl/N-ethyl adjacent to an activating group) is 2. The van der Waals surface area contributed by atoms with E-state index in [4.69, 9.17) is 10.5 Å². The summed E-state index contributed by atoms with van der Waals surface area (Å²) in [5, 5.41) is 30.4. The van der Waals surface area contributed by atoms with Crippen LogP contribution in [0.3, 0.4) is 0 Å². The number of aromatic nitrogens is 1. The Morgan fingerprint density at radius 2 is 1.45 bits per heavy atom. The summed E-state index contributed by atoms with van der Waals surface area (Å²) in [5.74, 6) is -4.29. The minimum Gasteiger partial charge on any atom is -0.478 e. The predicted octanol–water partition coefficient (Wildman–Crippen LogP) is 8.42. The van der Waals surface area contributed by atoms with Crippen LogP contribution in [0.5, 0.6) is 0 Å². The van der Waals surface area contributed by atoms with Gasteiger partial charge in [-0.3, -0.25) is 28.8 Å². The van der Waals surface area contributed by atoms with Crippen LogP contribution in [0.25, 0.3) is 22.6 Å². The second-order valence-corrected chi connectivity index (χ2v) is 26.0. The number of nitrogens with two attached hydrogens (primary N) is 1. The molecule has 0 bridgehead atoms. The molecule has 9 amide bonds. The minimum atomic E-state index is -1.11. The highest BCUT2D eigenvalue weighted by Gasteiger charge is 2.43. The zero-order chi connectivity index (χ0) is 67.9. The van der Waals surface area contributed by atoms with Gasteiger partial charge in [0.15, 0.2) is 0 Å². The summed E-state index contributed by atoms with van der Waals surface area (Å²) in [5.41, 5.74) is 12.0. The van der Waals surface area contributed by atoms with E-state index in [2.05, 4.69) is 37.2 Å². The molecule has 0 fully saturated rings. The number of benzene rings is 4. The second-order valence-electron chi connectivity index (χ2n) is 26.0. The van der Waals surface area contributed by atoms with Crippen molar-refractivity contribution in [2.75, 3.05) is 30.9 Å². The highest BCUT2D eigenvalue weighted by Crippen LogP contribution is 2.37. The largest absolute Gasteiger partial charge is 0.478 e. The Hall–Kier alpha value is -9.31. The molecule has 1 unspecified atom stereocenters. The third kappa shape index (κ3) is 18.7. The molecule has 6 rings (SSSR count). The molecule has 10 N–H and O–H groups in total. The van der Waals surface area contributed by atoms with Crippen molar-refractivity contribution in [3.8, 4) is 0 Å². The molecule has 1 aliphatic rings. The zero-order valence-corrected chi connectivity index (χ0v) is 55.5. The number of anilines is 2. The molecular weight excluding hydrogens is 1170 g/mol. The van der Waals surface area contributed by atoms with Gasteiger partial charge < -0.3 is 67.2 Å². The molecule has 92 heavy (non-hydrogen) atoms. The lowest BCUT2D eigenvalue weighted by Gasteiger charge is -2.39. The van der Waals surface area contributed by atoms with Crippen molar-refractivity contribution < 1.29 is 53.0 Å². The molecule has 0 spiro atoms. The quantitative estimate of drug-likeness (QED) is 0.0177. The normalized spacial score (nSPS) is 14.8. The smallest absolute Gasteiger partial charge is 0.407 e. The number of carboxylic acids is 1. The average molecular weight is 1260 g/mol. The zero-order valence-electron chi connectivity index (χ0n) is 55.5. The number of allylic oxidation sites excluding steroid dienone is 1. The van der Waals surface area contributed by atoms with Crippen molar-refractivity contribution in [1.82, 2.24) is 41.4 Å². The Morgan fingerprint density at radius 3 is 2.09 bits per heavy atom. The van der Waals surface area contributed by atoms with Crippen LogP contribution in [0.2, 0.25) is 0 Å². The number of ether oxygens (including phenoxy) is 1. The molecule has 5 atom stereocenters. The summed E-state index contributed by atoms with van der Waals surface area (Å²) < 4.78 is 7.51. The van der Waals surface area contributed by atoms with Gasteiger partial charge in [0, 0.05) is 73.8 Å². The Labute approximate surface area is 539 Å². The summed E-state index contributed by atoms with van der Waals surface area (Å²) in [6, 6.07) is 22.7. The van der Waals surface area contributed by atoms with E-state index in [1.807, 2.05) is 146 Å². The fourth-order valence-corrected chi connectivity index (χ4v) is 11.5. The van der Waals surface area contributed by atoms with Crippen LogP contribution >= 0.6 is 0 Å². The maximum Gasteiger partial charge on any atom is 0.407 e. The molecule has 0 saturated carbocycles. The molecule has 4 aromatic carbocycles. The molecule has 1 aromatic heterocycles. The first-order chi connectivity index (χ1) is 43.3. The van der Waals surface area contributed by atoms with Crippen LogP contribution in [0.1, 0.15) is 135 Å². The molecule has 22 heteroatoms. The Morgan fingerprint density at radius 1 is 0.783 bits per heavy atom. The van der Waals surface area contributed by atoms with Gasteiger partial charge in [0.05, 0.1) is 24.3 Å². The monoisotopic (exact) mass is 1260 g/mol. The standard InChI is InChI=1S/C70H93N11O11/c1-41(2)55(35-44(6)66(88)89)80(14)65(87)61(69(7,8)9)78-64(86)60(72-12)70(10,11)52-39-79(13)56-36-46(27-30-51(52)56)37-74-68(91)92-40-45-25-28-49(29-26-45)75-62(84)53(23-19-33-73-67(71)90)76-63(85)59(42(3)4)77-57(82)31-32-58(83)81-38-48-21-15-17-22-50(48)43(5)34-47-20-16-18-24-54(47)81/h15-18,20-22,24-30,34-36,39,41-42,53,55,59-61,72H,19,23,31-33,37-38,40H2,1-14H3,(H,74,91)(H,75,84)(H,76,85)(H,77,82)(H,78,86)(H,88,89)(H3,71,73,90)/b43-34-,44-35+/t53-,55+,59-,60?,61+/m0/s1. The maximum atomic E-state index is 14.4. The highest BCUT2D eigenvalue weighted by atomic mass is 16.5. The molecule has 2 heterocycles. The summed E-state index contributed by atoms with van der Waals surface area (Å²) in [6.07, 6.45) is 4.95. The predicted molar refractivity (Wildman–Crippen MR) is 357 cm³/mol. The SMILES string of the molecule is CNC(C(=O)N[C@H](C(=O)N(C)[C@H](/C=C(\C)C(=O)O)C(C)C)C(C)(C)C)C(C)(C)c1cn(C)c2cc(CNC(=O)OCc3ccc(NC(=O)[C@H](CCCNC(N)=O)NC(=O)[C@@H](NC(=O)CCC(=O)N4Cc5ccccc5/C(C)=C\c5ccccc54)C(C)C)cc3)ccc12. The van der Waals surface area contributed by atoms with Crippen LogP contribution in [-0.2, 0) is 70.5 Å². The van der Waals surface area contributed by atoms with E-state index in [0.29, 0.717) is 17.8 Å². The van der Waals surface area contributed by atoms with Gasteiger partial charge in [-0.15, -0.1) is 0 Å². The number of hydrogen-bond donors (Lipinski definition) is 9. The lowest BCUT2D eigenvalue weighted by Crippen LogP contribution is -2.61. The van der Waals surface area contributed by atoms with Gasteiger partial charge in [0.25, 0.3) is 0 Å². The Kier molecular flexibility index (Phi) is 24.7. The number of carbonyl (C=O) groups is 9. The number of nitrogens with zero attached hydrogens (tertiary/aromatic N) is 3. The van der Waals surface area contributed by atoms with E-state index >= 15 is 0 Å². The fourth-order valence-electron chi connectivity index (χ4n) is 11.5. The van der Waals surface area contributed by atoms with E-state index in [-0.39, 0.29) is 74.6 Å². The highest BCUT2D eigenvalue weighted by molar-refractivity contribution is 6.01. The van der Waals surface area contributed by atoms with E-state index in [9.17, 15) is 48.3 Å². The second kappa shape index (κ2) is 31.6. The number of primary amides is 1. The van der Waals surface area contributed by atoms with Crippen LogP contribution in [-0.4, -0.2) is 119 Å². The van der Waals surface area contributed by atoms with Crippen molar-refractivity contribution >= 4 is 87.5 Å². The molecule has 0 radical (unpaired) electrons. The van der Waals surface area contributed by atoms with E-state index < -0.39 is 82.8 Å². The third-order valence-corrected chi connectivity index (χ3v) is 16.8. The number of urea groups is 1. The Balaban J connectivity index is 1.03.